The van der Waals surface area contributed by atoms with Crippen LogP contribution in [0.25, 0.3) is 0 Å². The monoisotopic (exact) mass is 489 g/mol. The van der Waals surface area contributed by atoms with Gasteiger partial charge in [0.25, 0.3) is 0 Å². The van der Waals surface area contributed by atoms with E-state index in [1.807, 2.05) is 6.92 Å². The Morgan fingerprint density at radius 3 is 2.21 bits per heavy atom. The van der Waals surface area contributed by atoms with E-state index in [-0.39, 0.29) is 30.8 Å². The molecule has 33 heavy (non-hydrogen) atoms. The van der Waals surface area contributed by atoms with E-state index in [0.717, 1.165) is 25.5 Å². The van der Waals surface area contributed by atoms with E-state index in [0.29, 0.717) is 25.0 Å². The van der Waals surface area contributed by atoms with Crippen molar-refractivity contribution < 1.29 is 22.7 Å². The minimum absolute atomic E-state index is 0.0233. The van der Waals surface area contributed by atoms with Gasteiger partial charge in [-0.25, -0.2) is 17.9 Å². The van der Waals surface area contributed by atoms with Gasteiger partial charge in [-0.15, -0.1) is 0 Å². The molecule has 2 aliphatic heterocycles. The molecule has 2 heterocycles. The zero-order valence-corrected chi connectivity index (χ0v) is 22.5. The molecule has 0 saturated carbocycles. The first-order chi connectivity index (χ1) is 15.4. The molecule has 0 aromatic rings. The van der Waals surface area contributed by atoms with Crippen LogP contribution in [0.15, 0.2) is 0 Å². The van der Waals surface area contributed by atoms with Crippen LogP contribution in [-0.4, -0.2) is 88.1 Å². The van der Waals surface area contributed by atoms with E-state index in [9.17, 15) is 13.2 Å². The lowest BCUT2D eigenvalue weighted by Crippen LogP contribution is -2.49. The van der Waals surface area contributed by atoms with Gasteiger partial charge < -0.3 is 19.3 Å². The number of nitrogens with one attached hydrogen (secondary N) is 1. The summed E-state index contributed by atoms with van der Waals surface area (Å²) in [5.41, 5.74) is -0.0855. The summed E-state index contributed by atoms with van der Waals surface area (Å²) in [7, 11) is -3.37. The van der Waals surface area contributed by atoms with Gasteiger partial charge in [-0.05, 0) is 63.5 Å². The minimum atomic E-state index is -3.37. The van der Waals surface area contributed by atoms with Gasteiger partial charge in [0.1, 0.15) is 12.7 Å². The Hall–Kier alpha value is -0.900. The van der Waals surface area contributed by atoms with Gasteiger partial charge in [-0.1, -0.05) is 34.1 Å². The van der Waals surface area contributed by atoms with Crippen molar-refractivity contribution in [3.8, 4) is 0 Å². The fourth-order valence-electron chi connectivity index (χ4n) is 5.03. The lowest BCUT2D eigenvalue weighted by atomic mass is 9.79. The van der Waals surface area contributed by atoms with E-state index < -0.39 is 16.1 Å². The molecule has 0 aliphatic carbocycles. The Morgan fingerprint density at radius 1 is 1.06 bits per heavy atom. The molecular formula is C24H47N3O5S. The van der Waals surface area contributed by atoms with Crippen molar-refractivity contribution in [3.63, 3.8) is 0 Å². The standard InChI is InChI=1S/C24H47N3O5S/c1-19(2)16-24(4,5)20(3)32-22(17-25-33(6,29)30)18-31-23(28)27-14-10-21(11-15-27)26-12-8-7-9-13-26/h19-22,25H,7-18H2,1-6H3/t20-,22-/m0/s1. The fraction of sp³-hybridized carbons (Fsp3) is 0.958. The molecule has 194 valence electrons. The van der Waals surface area contributed by atoms with Crippen LogP contribution in [0.5, 0.6) is 0 Å². The average molecular weight is 490 g/mol. The zero-order valence-electron chi connectivity index (χ0n) is 21.6. The van der Waals surface area contributed by atoms with Crippen molar-refractivity contribution in [2.24, 2.45) is 11.3 Å². The van der Waals surface area contributed by atoms with Crippen LogP contribution in [0.1, 0.15) is 73.1 Å². The molecule has 2 fully saturated rings. The SMILES string of the molecule is CC(C)CC(C)(C)[C@H](C)O[C@@H](CNS(C)(=O)=O)COC(=O)N1CCC(N2CCCCC2)CC1. The van der Waals surface area contributed by atoms with Gasteiger partial charge >= 0.3 is 6.09 Å². The number of amides is 1. The van der Waals surface area contributed by atoms with Crippen molar-refractivity contribution >= 4 is 16.1 Å². The molecule has 2 atom stereocenters. The summed E-state index contributed by atoms with van der Waals surface area (Å²) in [5.74, 6) is 0.518. The average Bonchev–Trinajstić information content (AvgIpc) is 2.74. The summed E-state index contributed by atoms with van der Waals surface area (Å²) in [5, 5.41) is 0. The van der Waals surface area contributed by atoms with Crippen molar-refractivity contribution in [1.82, 2.24) is 14.5 Å². The summed E-state index contributed by atoms with van der Waals surface area (Å²) < 4.78 is 37.6. The number of hydrogen-bond acceptors (Lipinski definition) is 6. The number of rotatable bonds is 11. The van der Waals surface area contributed by atoms with Crippen LogP contribution in [0.4, 0.5) is 4.79 Å². The molecule has 2 saturated heterocycles. The van der Waals surface area contributed by atoms with Crippen LogP contribution < -0.4 is 4.72 Å². The normalized spacial score (nSPS) is 21.2. The summed E-state index contributed by atoms with van der Waals surface area (Å²) in [4.78, 5) is 17.1. The summed E-state index contributed by atoms with van der Waals surface area (Å²) in [6, 6.07) is 0.563. The van der Waals surface area contributed by atoms with Crippen molar-refractivity contribution in [3.05, 3.63) is 0 Å². The van der Waals surface area contributed by atoms with E-state index in [1.165, 1.54) is 32.4 Å². The van der Waals surface area contributed by atoms with E-state index in [1.54, 1.807) is 4.90 Å². The van der Waals surface area contributed by atoms with Gasteiger partial charge in [0, 0.05) is 25.7 Å². The number of hydrogen-bond donors (Lipinski definition) is 1. The molecule has 0 spiro atoms. The van der Waals surface area contributed by atoms with Crippen LogP contribution in [0.3, 0.4) is 0 Å². The number of sulfonamides is 1. The second-order valence-electron chi connectivity index (χ2n) is 11.0. The first-order valence-corrected chi connectivity index (χ1v) is 14.5. The second-order valence-corrected chi connectivity index (χ2v) is 12.8. The van der Waals surface area contributed by atoms with E-state index in [2.05, 4.69) is 37.3 Å². The van der Waals surface area contributed by atoms with Crippen molar-refractivity contribution in [2.45, 2.75) is 91.4 Å². The van der Waals surface area contributed by atoms with Gasteiger partial charge in [-0.3, -0.25) is 0 Å². The van der Waals surface area contributed by atoms with Gasteiger partial charge in [-0.2, -0.15) is 0 Å². The molecule has 1 amide bonds. The molecule has 1 N–H and O–H groups in total. The Bertz CT molecular complexity index is 699. The van der Waals surface area contributed by atoms with Crippen LogP contribution in [0, 0.1) is 11.3 Å². The Balaban J connectivity index is 1.87. The molecule has 0 aromatic carbocycles. The maximum absolute atomic E-state index is 12.7. The first-order valence-electron chi connectivity index (χ1n) is 12.6. The predicted octanol–water partition coefficient (Wildman–Crippen LogP) is 3.47. The second kappa shape index (κ2) is 12.7. The van der Waals surface area contributed by atoms with Crippen molar-refractivity contribution in [1.29, 1.82) is 0 Å². The highest BCUT2D eigenvalue weighted by molar-refractivity contribution is 7.88. The molecule has 0 unspecified atom stereocenters. The minimum Gasteiger partial charge on any atom is -0.447 e. The smallest absolute Gasteiger partial charge is 0.409 e. The van der Waals surface area contributed by atoms with Gasteiger partial charge in [0.2, 0.25) is 10.0 Å². The highest BCUT2D eigenvalue weighted by atomic mass is 32.2. The van der Waals surface area contributed by atoms with Gasteiger partial charge in [0.05, 0.1) is 12.4 Å². The van der Waals surface area contributed by atoms with Gasteiger partial charge in [0.15, 0.2) is 0 Å². The molecule has 8 nitrogen and oxygen atoms in total. The molecule has 2 aliphatic rings. The third kappa shape index (κ3) is 10.1. The first kappa shape index (κ1) is 28.3. The number of carbonyl (C=O) groups excluding carboxylic acids is 1. The largest absolute Gasteiger partial charge is 0.447 e. The maximum Gasteiger partial charge on any atom is 0.409 e. The molecule has 0 radical (unpaired) electrons. The predicted molar refractivity (Wildman–Crippen MR) is 132 cm³/mol. The van der Waals surface area contributed by atoms with Crippen LogP contribution in [-0.2, 0) is 19.5 Å². The van der Waals surface area contributed by atoms with Crippen LogP contribution in [0.2, 0.25) is 0 Å². The van der Waals surface area contributed by atoms with E-state index >= 15 is 0 Å². The lowest BCUT2D eigenvalue weighted by molar-refractivity contribution is -0.0855. The Labute approximate surface area is 201 Å². The molecule has 9 heteroatoms. The summed E-state index contributed by atoms with van der Waals surface area (Å²) >= 11 is 0. The van der Waals surface area contributed by atoms with E-state index in [4.69, 9.17) is 9.47 Å². The maximum atomic E-state index is 12.7. The van der Waals surface area contributed by atoms with Crippen molar-refractivity contribution in [2.75, 3.05) is 45.6 Å². The van der Waals surface area contributed by atoms with Crippen LogP contribution >= 0.6 is 0 Å². The zero-order chi connectivity index (χ0) is 24.6. The quantitative estimate of drug-likeness (QED) is 0.478. The topological polar surface area (TPSA) is 88.2 Å². The third-order valence-electron chi connectivity index (χ3n) is 7.03. The Kier molecular flexibility index (Phi) is 10.9. The number of ether oxygens (including phenoxy) is 2. The molecular weight excluding hydrogens is 442 g/mol. The molecule has 2 rings (SSSR count). The number of carbonyl (C=O) groups is 1. The molecule has 0 aromatic heterocycles. The molecule has 0 bridgehead atoms. The number of nitrogens with zero attached hydrogens (tertiary/aromatic N) is 2. The highest BCUT2D eigenvalue weighted by Crippen LogP contribution is 2.31. The number of piperidine rings is 2. The highest BCUT2D eigenvalue weighted by Gasteiger charge is 2.32. The fourth-order valence-corrected chi connectivity index (χ4v) is 5.52. The number of likely N-dealkylation sites (tertiary alicyclic amines) is 2. The lowest BCUT2D eigenvalue weighted by Gasteiger charge is -2.40. The third-order valence-corrected chi connectivity index (χ3v) is 7.72. The summed E-state index contributed by atoms with van der Waals surface area (Å²) in [6.45, 7) is 14.5. The summed E-state index contributed by atoms with van der Waals surface area (Å²) in [6.07, 6.45) is 6.92. The Morgan fingerprint density at radius 2 is 1.67 bits per heavy atom.